The lowest BCUT2D eigenvalue weighted by Gasteiger charge is -2.30. The molecular formula is C14H24N4O2S. The third kappa shape index (κ3) is 4.39. The van der Waals surface area contributed by atoms with E-state index in [1.54, 1.807) is 10.5 Å². The number of aromatic nitrogens is 1. The Kier molecular flexibility index (Phi) is 5.18. The summed E-state index contributed by atoms with van der Waals surface area (Å²) >= 11 is 0. The maximum absolute atomic E-state index is 12.3. The van der Waals surface area contributed by atoms with E-state index in [1.807, 2.05) is 31.1 Å². The van der Waals surface area contributed by atoms with Crippen LogP contribution in [0.25, 0.3) is 0 Å². The van der Waals surface area contributed by atoms with Crippen LogP contribution in [0.2, 0.25) is 0 Å². The van der Waals surface area contributed by atoms with Gasteiger partial charge in [0, 0.05) is 39.9 Å². The van der Waals surface area contributed by atoms with E-state index in [0.717, 1.165) is 24.2 Å². The van der Waals surface area contributed by atoms with Crippen LogP contribution in [0.15, 0.2) is 18.3 Å². The third-order valence-corrected chi connectivity index (χ3v) is 5.21. The van der Waals surface area contributed by atoms with Crippen LogP contribution >= 0.6 is 0 Å². The first-order chi connectivity index (χ1) is 9.88. The summed E-state index contributed by atoms with van der Waals surface area (Å²) < 4.78 is 28.9. The third-order valence-electron chi connectivity index (χ3n) is 3.69. The molecule has 0 aliphatic carbocycles. The maximum Gasteiger partial charge on any atom is 0.279 e. The lowest BCUT2D eigenvalue weighted by Crippen LogP contribution is -2.45. The first kappa shape index (κ1) is 16.2. The molecular weight excluding hydrogens is 288 g/mol. The molecule has 0 saturated carbocycles. The zero-order valence-corrected chi connectivity index (χ0v) is 13.7. The molecule has 0 aromatic carbocycles. The second-order valence-electron chi connectivity index (χ2n) is 5.85. The van der Waals surface area contributed by atoms with E-state index in [-0.39, 0.29) is 6.54 Å². The van der Waals surface area contributed by atoms with Crippen molar-refractivity contribution in [3.63, 3.8) is 0 Å². The number of anilines is 1. The Balaban J connectivity index is 1.99. The van der Waals surface area contributed by atoms with Gasteiger partial charge in [0.2, 0.25) is 0 Å². The van der Waals surface area contributed by atoms with Crippen LogP contribution in [0.3, 0.4) is 0 Å². The van der Waals surface area contributed by atoms with E-state index in [0.29, 0.717) is 19.0 Å². The van der Waals surface area contributed by atoms with Gasteiger partial charge in [-0.05, 0) is 36.5 Å². The summed E-state index contributed by atoms with van der Waals surface area (Å²) in [5.74, 6) is 1.25. The van der Waals surface area contributed by atoms with Crippen molar-refractivity contribution in [2.75, 3.05) is 32.1 Å². The number of hydrogen-bond acceptors (Lipinski definition) is 4. The number of nitrogens with one attached hydrogen (secondary N) is 1. The summed E-state index contributed by atoms with van der Waals surface area (Å²) in [6.45, 7) is 3.60. The highest BCUT2D eigenvalue weighted by Crippen LogP contribution is 2.18. The van der Waals surface area contributed by atoms with Gasteiger partial charge in [-0.25, -0.2) is 4.98 Å². The lowest BCUT2D eigenvalue weighted by molar-refractivity contribution is 0.278. The Morgan fingerprint density at radius 3 is 2.90 bits per heavy atom. The molecule has 6 nitrogen and oxygen atoms in total. The average molecular weight is 312 g/mol. The fourth-order valence-corrected chi connectivity index (χ4v) is 3.80. The SMILES string of the molecule is C[C@@H]1CCCN(S(=O)(=O)NCc2ccnc(N(C)C)c2)C1. The van der Waals surface area contributed by atoms with E-state index in [9.17, 15) is 8.42 Å². The molecule has 0 radical (unpaired) electrons. The molecule has 0 spiro atoms. The molecule has 1 aliphatic heterocycles. The maximum atomic E-state index is 12.3. The molecule has 1 N–H and O–H groups in total. The van der Waals surface area contributed by atoms with Gasteiger partial charge < -0.3 is 4.90 Å². The Hall–Kier alpha value is -1.18. The topological polar surface area (TPSA) is 65.5 Å². The standard InChI is InChI=1S/C14H24N4O2S/c1-12-5-4-8-18(11-12)21(19,20)16-10-13-6-7-15-14(9-13)17(2)3/h6-7,9,12,16H,4-5,8,10-11H2,1-3H3/t12-/m1/s1. The van der Waals surface area contributed by atoms with E-state index in [1.165, 1.54) is 0 Å². The number of hydrogen-bond donors (Lipinski definition) is 1. The van der Waals surface area contributed by atoms with Gasteiger partial charge in [0.25, 0.3) is 10.2 Å². The van der Waals surface area contributed by atoms with Crippen molar-refractivity contribution in [1.82, 2.24) is 14.0 Å². The largest absolute Gasteiger partial charge is 0.363 e. The van der Waals surface area contributed by atoms with Crippen LogP contribution < -0.4 is 9.62 Å². The fraction of sp³-hybridized carbons (Fsp3) is 0.643. The van der Waals surface area contributed by atoms with Gasteiger partial charge in [0.05, 0.1) is 0 Å². The van der Waals surface area contributed by atoms with Gasteiger partial charge in [-0.15, -0.1) is 0 Å². The lowest BCUT2D eigenvalue weighted by atomic mass is 10.0. The Labute approximate surface area is 127 Å². The summed E-state index contributed by atoms with van der Waals surface area (Å²) in [5, 5.41) is 0. The molecule has 1 saturated heterocycles. The number of pyridine rings is 1. The Morgan fingerprint density at radius 2 is 2.24 bits per heavy atom. The van der Waals surface area contributed by atoms with Gasteiger partial charge in [-0.2, -0.15) is 17.4 Å². The normalized spacial score (nSPS) is 20.4. The minimum Gasteiger partial charge on any atom is -0.363 e. The molecule has 0 bridgehead atoms. The number of rotatable bonds is 5. The smallest absolute Gasteiger partial charge is 0.279 e. The zero-order valence-electron chi connectivity index (χ0n) is 12.9. The quantitative estimate of drug-likeness (QED) is 0.887. The highest BCUT2D eigenvalue weighted by Gasteiger charge is 2.26. The summed E-state index contributed by atoms with van der Waals surface area (Å²) in [6, 6.07) is 3.72. The van der Waals surface area contributed by atoms with Crippen molar-refractivity contribution in [2.45, 2.75) is 26.3 Å². The fourth-order valence-electron chi connectivity index (χ4n) is 2.45. The molecule has 2 heterocycles. The van der Waals surface area contributed by atoms with Gasteiger partial charge >= 0.3 is 0 Å². The molecule has 0 unspecified atom stereocenters. The second-order valence-corrected chi connectivity index (χ2v) is 7.60. The highest BCUT2D eigenvalue weighted by atomic mass is 32.2. The summed E-state index contributed by atoms with van der Waals surface area (Å²) in [4.78, 5) is 6.11. The average Bonchev–Trinajstić information content (AvgIpc) is 2.45. The minimum atomic E-state index is -3.40. The molecule has 118 valence electrons. The van der Waals surface area contributed by atoms with E-state index in [4.69, 9.17) is 0 Å². The van der Waals surface area contributed by atoms with E-state index < -0.39 is 10.2 Å². The first-order valence-corrected chi connectivity index (χ1v) is 8.69. The molecule has 1 fully saturated rings. The molecule has 21 heavy (non-hydrogen) atoms. The van der Waals surface area contributed by atoms with Crippen molar-refractivity contribution in [3.05, 3.63) is 23.9 Å². The van der Waals surface area contributed by atoms with Gasteiger partial charge in [-0.3, -0.25) is 0 Å². The second kappa shape index (κ2) is 6.72. The number of nitrogens with zero attached hydrogens (tertiary/aromatic N) is 3. The zero-order chi connectivity index (χ0) is 15.5. The van der Waals surface area contributed by atoms with Gasteiger partial charge in [0.15, 0.2) is 0 Å². The van der Waals surface area contributed by atoms with Crippen molar-refractivity contribution < 1.29 is 8.42 Å². The van der Waals surface area contributed by atoms with Crippen molar-refractivity contribution >= 4 is 16.0 Å². The van der Waals surface area contributed by atoms with E-state index >= 15 is 0 Å². The molecule has 7 heteroatoms. The van der Waals surface area contributed by atoms with Crippen LogP contribution in [0.4, 0.5) is 5.82 Å². The highest BCUT2D eigenvalue weighted by molar-refractivity contribution is 7.87. The Morgan fingerprint density at radius 1 is 1.48 bits per heavy atom. The predicted molar refractivity (Wildman–Crippen MR) is 84.3 cm³/mol. The van der Waals surface area contributed by atoms with Crippen LogP contribution in [-0.4, -0.2) is 44.9 Å². The summed E-state index contributed by atoms with van der Waals surface area (Å²) in [6.07, 6.45) is 3.73. The van der Waals surface area contributed by atoms with E-state index in [2.05, 4.69) is 16.6 Å². The molecule has 1 aromatic rings. The minimum absolute atomic E-state index is 0.288. The summed E-state index contributed by atoms with van der Waals surface area (Å²) in [5.41, 5.74) is 0.905. The van der Waals surface area contributed by atoms with Crippen molar-refractivity contribution in [2.24, 2.45) is 5.92 Å². The predicted octanol–water partition coefficient (Wildman–Crippen LogP) is 1.21. The molecule has 0 amide bonds. The van der Waals surface area contributed by atoms with Gasteiger partial charge in [0.1, 0.15) is 5.82 Å². The van der Waals surface area contributed by atoms with Crippen molar-refractivity contribution in [3.8, 4) is 0 Å². The van der Waals surface area contributed by atoms with Crippen LogP contribution in [0.5, 0.6) is 0 Å². The monoisotopic (exact) mass is 312 g/mol. The molecule has 1 aromatic heterocycles. The molecule has 1 atom stereocenters. The Bertz CT molecular complexity index is 574. The van der Waals surface area contributed by atoms with Crippen molar-refractivity contribution in [1.29, 1.82) is 0 Å². The number of piperidine rings is 1. The van der Waals surface area contributed by atoms with Crippen LogP contribution in [0, 0.1) is 5.92 Å². The van der Waals surface area contributed by atoms with Crippen LogP contribution in [-0.2, 0) is 16.8 Å². The first-order valence-electron chi connectivity index (χ1n) is 7.25. The molecule has 1 aliphatic rings. The van der Waals surface area contributed by atoms with Gasteiger partial charge in [-0.1, -0.05) is 6.92 Å². The summed E-state index contributed by atoms with van der Waals surface area (Å²) in [7, 11) is 0.418. The molecule has 2 rings (SSSR count). The van der Waals surface area contributed by atoms with Crippen LogP contribution in [0.1, 0.15) is 25.3 Å².